The number of amides is 2. The van der Waals surface area contributed by atoms with Crippen LogP contribution in [-0.2, 0) is 26.2 Å². The van der Waals surface area contributed by atoms with Crippen LogP contribution in [0, 0.1) is 11.6 Å². The molecule has 0 aliphatic heterocycles. The molecule has 184 valence electrons. The molecule has 1 N–H and O–H groups in total. The minimum atomic E-state index is -4.04. The molecule has 2 aromatic rings. The minimum Gasteiger partial charge on any atom is -0.352 e. The summed E-state index contributed by atoms with van der Waals surface area (Å²) in [5, 5.41) is 2.92. The third kappa shape index (κ3) is 6.31. The van der Waals surface area contributed by atoms with Crippen LogP contribution in [0.5, 0.6) is 0 Å². The second-order valence-corrected chi connectivity index (χ2v) is 10.4. The highest BCUT2D eigenvalue weighted by atomic mass is 32.2. The van der Waals surface area contributed by atoms with Crippen molar-refractivity contribution in [1.82, 2.24) is 10.2 Å². The average molecular weight is 494 g/mol. The zero-order valence-electron chi connectivity index (χ0n) is 19.2. The lowest BCUT2D eigenvalue weighted by Gasteiger charge is -2.32. The van der Waals surface area contributed by atoms with E-state index in [-0.39, 0.29) is 23.8 Å². The number of nitrogens with one attached hydrogen (secondary N) is 1. The molecule has 0 saturated heterocycles. The maximum absolute atomic E-state index is 14.4. The van der Waals surface area contributed by atoms with Gasteiger partial charge in [0.25, 0.3) is 0 Å². The molecule has 1 aliphatic carbocycles. The molecule has 0 unspecified atom stereocenters. The van der Waals surface area contributed by atoms with Crippen molar-refractivity contribution in [3.05, 3.63) is 65.7 Å². The Labute approximate surface area is 198 Å². The lowest BCUT2D eigenvalue weighted by atomic mass is 10.1. The van der Waals surface area contributed by atoms with Crippen molar-refractivity contribution in [3.63, 3.8) is 0 Å². The number of benzene rings is 2. The molecule has 1 aliphatic rings. The lowest BCUT2D eigenvalue weighted by molar-refractivity contribution is -0.139. The van der Waals surface area contributed by atoms with Crippen LogP contribution in [0.2, 0.25) is 0 Å². The normalized spacial score (nSPS) is 15.1. The number of anilines is 1. The van der Waals surface area contributed by atoms with Crippen LogP contribution >= 0.6 is 0 Å². The molecular weight excluding hydrogens is 464 g/mol. The zero-order chi connectivity index (χ0) is 24.9. The molecule has 2 amide bonds. The van der Waals surface area contributed by atoms with Gasteiger partial charge < -0.3 is 10.2 Å². The Morgan fingerprint density at radius 1 is 1.03 bits per heavy atom. The van der Waals surface area contributed by atoms with E-state index in [0.29, 0.717) is 4.31 Å². The summed E-state index contributed by atoms with van der Waals surface area (Å²) in [6, 6.07) is 10.0. The van der Waals surface area contributed by atoms with Gasteiger partial charge in [-0.3, -0.25) is 13.9 Å². The van der Waals surface area contributed by atoms with Gasteiger partial charge >= 0.3 is 0 Å². The number of hydrogen-bond acceptors (Lipinski definition) is 4. The van der Waals surface area contributed by atoms with Gasteiger partial charge in [-0.25, -0.2) is 17.2 Å². The van der Waals surface area contributed by atoms with Crippen LogP contribution in [0.1, 0.15) is 38.2 Å². The van der Waals surface area contributed by atoms with Crippen molar-refractivity contribution in [2.45, 2.75) is 51.2 Å². The summed E-state index contributed by atoms with van der Waals surface area (Å²) in [5.74, 6) is -2.54. The summed E-state index contributed by atoms with van der Waals surface area (Å²) in [6.07, 6.45) is 4.56. The van der Waals surface area contributed by atoms with Crippen molar-refractivity contribution in [2.75, 3.05) is 17.1 Å². The van der Waals surface area contributed by atoms with Crippen molar-refractivity contribution in [3.8, 4) is 0 Å². The second kappa shape index (κ2) is 10.9. The van der Waals surface area contributed by atoms with E-state index in [0.717, 1.165) is 42.9 Å². The van der Waals surface area contributed by atoms with Crippen LogP contribution in [0.4, 0.5) is 14.5 Å². The molecule has 0 heterocycles. The predicted molar refractivity (Wildman–Crippen MR) is 125 cm³/mol. The van der Waals surface area contributed by atoms with Gasteiger partial charge in [0.1, 0.15) is 24.2 Å². The molecule has 1 saturated carbocycles. The van der Waals surface area contributed by atoms with Crippen LogP contribution in [0.3, 0.4) is 0 Å². The van der Waals surface area contributed by atoms with Crippen molar-refractivity contribution in [1.29, 1.82) is 0 Å². The van der Waals surface area contributed by atoms with Gasteiger partial charge in [-0.2, -0.15) is 0 Å². The van der Waals surface area contributed by atoms with E-state index < -0.39 is 46.1 Å². The molecule has 2 aromatic carbocycles. The summed E-state index contributed by atoms with van der Waals surface area (Å²) < 4.78 is 54.3. The number of nitrogens with zero attached hydrogens (tertiary/aromatic N) is 2. The van der Waals surface area contributed by atoms with Crippen molar-refractivity contribution < 1.29 is 26.8 Å². The van der Waals surface area contributed by atoms with Crippen LogP contribution in [0.15, 0.2) is 48.5 Å². The highest BCUT2D eigenvalue weighted by Gasteiger charge is 2.32. The first-order valence-corrected chi connectivity index (χ1v) is 13.0. The van der Waals surface area contributed by atoms with Gasteiger partial charge in [0.2, 0.25) is 21.8 Å². The number of halogens is 2. The first-order chi connectivity index (χ1) is 16.1. The van der Waals surface area contributed by atoms with Crippen molar-refractivity contribution >= 4 is 27.5 Å². The first-order valence-electron chi connectivity index (χ1n) is 11.1. The minimum absolute atomic E-state index is 0.00583. The molecule has 34 heavy (non-hydrogen) atoms. The summed E-state index contributed by atoms with van der Waals surface area (Å²) >= 11 is 0. The van der Waals surface area contributed by atoms with Gasteiger partial charge in [-0.05, 0) is 38.0 Å². The Hall–Kier alpha value is -3.01. The van der Waals surface area contributed by atoms with Crippen LogP contribution in [0.25, 0.3) is 0 Å². The fourth-order valence-electron chi connectivity index (χ4n) is 4.03. The highest BCUT2D eigenvalue weighted by molar-refractivity contribution is 7.92. The van der Waals surface area contributed by atoms with E-state index in [2.05, 4.69) is 5.32 Å². The van der Waals surface area contributed by atoms with E-state index in [9.17, 15) is 26.8 Å². The van der Waals surface area contributed by atoms with Crippen LogP contribution in [-0.4, -0.2) is 50.0 Å². The molecule has 0 aromatic heterocycles. The number of rotatable bonds is 9. The summed E-state index contributed by atoms with van der Waals surface area (Å²) in [5.41, 5.74) is -0.111. The van der Waals surface area contributed by atoms with Crippen LogP contribution < -0.4 is 9.62 Å². The monoisotopic (exact) mass is 493 g/mol. The zero-order valence-corrected chi connectivity index (χ0v) is 20.0. The van der Waals surface area contributed by atoms with Gasteiger partial charge in [0.15, 0.2) is 0 Å². The van der Waals surface area contributed by atoms with Gasteiger partial charge in [-0.15, -0.1) is 0 Å². The second-order valence-electron chi connectivity index (χ2n) is 8.50. The number of carbonyl (C=O) groups excluding carboxylic acids is 2. The number of hydrogen-bond donors (Lipinski definition) is 1. The van der Waals surface area contributed by atoms with E-state index >= 15 is 0 Å². The molecule has 1 atom stereocenters. The molecule has 1 fully saturated rings. The van der Waals surface area contributed by atoms with E-state index in [1.54, 1.807) is 6.07 Å². The SMILES string of the molecule is C[C@H](C(=O)NC1CCCC1)N(Cc1ccccc1F)C(=O)CN(c1ccccc1F)S(C)(=O)=O. The fourth-order valence-corrected chi connectivity index (χ4v) is 4.88. The third-order valence-corrected chi connectivity index (χ3v) is 7.09. The van der Waals surface area contributed by atoms with E-state index in [4.69, 9.17) is 0 Å². The third-order valence-electron chi connectivity index (χ3n) is 5.97. The Kier molecular flexibility index (Phi) is 8.24. The van der Waals surface area contributed by atoms with Gasteiger partial charge in [0.05, 0.1) is 11.9 Å². The molecule has 0 radical (unpaired) electrons. The Balaban J connectivity index is 1.90. The quantitative estimate of drug-likeness (QED) is 0.581. The van der Waals surface area contributed by atoms with Gasteiger partial charge in [-0.1, -0.05) is 43.2 Å². The maximum Gasteiger partial charge on any atom is 0.244 e. The number of sulfonamides is 1. The Bertz CT molecular complexity index is 1140. The largest absolute Gasteiger partial charge is 0.352 e. The van der Waals surface area contributed by atoms with E-state index in [1.807, 2.05) is 0 Å². The Morgan fingerprint density at radius 3 is 2.21 bits per heavy atom. The fraction of sp³-hybridized carbons (Fsp3) is 0.417. The standard InChI is InChI=1S/C24H29F2N3O4S/c1-17(24(31)27-19-10-4-5-11-19)28(15-18-9-3-6-12-20(18)25)23(30)16-29(34(2,32)33)22-14-8-7-13-21(22)26/h3,6-9,12-14,17,19H,4-5,10-11,15-16H2,1-2H3,(H,27,31)/t17-/m1/s1. The molecular formula is C24H29F2N3O4S. The molecule has 3 rings (SSSR count). The van der Waals surface area contributed by atoms with Crippen molar-refractivity contribution in [2.24, 2.45) is 0 Å². The molecule has 7 nitrogen and oxygen atoms in total. The summed E-state index contributed by atoms with van der Waals surface area (Å²) in [4.78, 5) is 27.4. The molecule has 0 spiro atoms. The average Bonchev–Trinajstić information content (AvgIpc) is 3.29. The van der Waals surface area contributed by atoms with E-state index in [1.165, 1.54) is 43.3 Å². The summed E-state index contributed by atoms with van der Waals surface area (Å²) in [6.45, 7) is 0.520. The Morgan fingerprint density at radius 2 is 1.62 bits per heavy atom. The highest BCUT2D eigenvalue weighted by Crippen LogP contribution is 2.23. The molecule has 10 heteroatoms. The molecule has 0 bridgehead atoms. The summed E-state index contributed by atoms with van der Waals surface area (Å²) in [7, 11) is -4.04. The van der Waals surface area contributed by atoms with Gasteiger partial charge in [0, 0.05) is 18.2 Å². The number of carbonyl (C=O) groups is 2. The smallest absolute Gasteiger partial charge is 0.244 e. The first kappa shape index (κ1) is 25.6. The number of para-hydroxylation sites is 1. The predicted octanol–water partition coefficient (Wildman–Crippen LogP) is 3.21. The maximum atomic E-state index is 14.4. The topological polar surface area (TPSA) is 86.8 Å². The lowest BCUT2D eigenvalue weighted by Crippen LogP contribution is -2.52.